The molecule has 0 saturated heterocycles. The summed E-state index contributed by atoms with van der Waals surface area (Å²) in [4.78, 5) is 0. The molecule has 254 valence electrons. The van der Waals surface area contributed by atoms with Crippen LogP contribution in [-0.4, -0.2) is 0 Å². The Morgan fingerprint density at radius 2 is 0.945 bits per heavy atom. The Hall–Kier alpha value is -6.74. The van der Waals surface area contributed by atoms with Crippen LogP contribution in [0.2, 0.25) is 0 Å². The van der Waals surface area contributed by atoms with Crippen LogP contribution in [0.1, 0.15) is 22.3 Å². The molecule has 55 heavy (non-hydrogen) atoms. The Kier molecular flexibility index (Phi) is 5.77. The molecule has 2 heteroatoms. The van der Waals surface area contributed by atoms with Crippen molar-refractivity contribution in [1.29, 1.82) is 0 Å². The van der Waals surface area contributed by atoms with Crippen molar-refractivity contribution in [2.75, 3.05) is 0 Å². The zero-order chi connectivity index (χ0) is 35.8. The lowest BCUT2D eigenvalue weighted by atomic mass is 9.70. The summed E-state index contributed by atoms with van der Waals surface area (Å²) in [6, 6.07) is 67.5. The van der Waals surface area contributed by atoms with Crippen molar-refractivity contribution < 1.29 is 4.74 Å². The van der Waals surface area contributed by atoms with Gasteiger partial charge in [-0.2, -0.15) is 0 Å². The van der Waals surface area contributed by atoms with Crippen LogP contribution in [0.15, 0.2) is 182 Å². The van der Waals surface area contributed by atoms with Crippen molar-refractivity contribution in [3.63, 3.8) is 0 Å². The quantitative estimate of drug-likeness (QED) is 0.173. The lowest BCUT2D eigenvalue weighted by Gasteiger charge is -2.30. The van der Waals surface area contributed by atoms with E-state index in [0.717, 1.165) is 17.1 Å². The number of rotatable bonds is 2. The van der Waals surface area contributed by atoms with Gasteiger partial charge >= 0.3 is 0 Å². The largest absolute Gasteiger partial charge is 0.456 e. The van der Waals surface area contributed by atoms with Gasteiger partial charge < -0.3 is 4.74 Å². The summed E-state index contributed by atoms with van der Waals surface area (Å²) in [5.74, 6) is 1.80. The van der Waals surface area contributed by atoms with E-state index in [-0.39, 0.29) is 5.41 Å². The summed E-state index contributed by atoms with van der Waals surface area (Å²) in [5, 5.41) is 5.02. The van der Waals surface area contributed by atoms with Gasteiger partial charge in [-0.25, -0.2) is 0 Å². The molecule has 0 fully saturated rings. The first-order valence-electron chi connectivity index (χ1n) is 19.0. The summed E-state index contributed by atoms with van der Waals surface area (Å²) in [6.07, 6.45) is 0. The first-order valence-corrected chi connectivity index (χ1v) is 19.8. The normalized spacial score (nSPS) is 13.7. The predicted octanol–water partition coefficient (Wildman–Crippen LogP) is 14.7. The molecule has 3 aliphatic rings. The van der Waals surface area contributed by atoms with Crippen LogP contribution in [0.3, 0.4) is 0 Å². The van der Waals surface area contributed by atoms with Gasteiger partial charge in [0.05, 0.1) is 5.41 Å². The zero-order valence-corrected chi connectivity index (χ0v) is 30.5. The van der Waals surface area contributed by atoms with Crippen LogP contribution in [0, 0.1) is 0 Å². The van der Waals surface area contributed by atoms with Gasteiger partial charge in [0, 0.05) is 36.7 Å². The van der Waals surface area contributed by atoms with E-state index >= 15 is 0 Å². The van der Waals surface area contributed by atoms with E-state index in [2.05, 4.69) is 182 Å². The van der Waals surface area contributed by atoms with E-state index in [1.807, 2.05) is 11.3 Å². The van der Waals surface area contributed by atoms with E-state index in [0.29, 0.717) is 0 Å². The van der Waals surface area contributed by atoms with Crippen LogP contribution in [0.25, 0.3) is 86.6 Å². The molecule has 2 aliphatic carbocycles. The number of hydrogen-bond acceptors (Lipinski definition) is 2. The fourth-order valence-corrected chi connectivity index (χ4v) is 11.6. The molecule has 0 amide bonds. The predicted molar refractivity (Wildman–Crippen MR) is 230 cm³/mol. The Morgan fingerprint density at radius 1 is 0.364 bits per heavy atom. The maximum Gasteiger partial charge on any atom is 0.135 e. The summed E-state index contributed by atoms with van der Waals surface area (Å²) in [5.41, 5.74) is 17.6. The molecular formula is C53H30OS. The Morgan fingerprint density at radius 3 is 1.76 bits per heavy atom. The van der Waals surface area contributed by atoms with Gasteiger partial charge in [-0.3, -0.25) is 0 Å². The lowest BCUT2D eigenvalue weighted by Crippen LogP contribution is -2.25. The van der Waals surface area contributed by atoms with Crippen molar-refractivity contribution in [1.82, 2.24) is 0 Å². The highest BCUT2D eigenvalue weighted by Gasteiger charge is 2.52. The molecule has 1 nitrogen and oxygen atoms in total. The van der Waals surface area contributed by atoms with Crippen molar-refractivity contribution >= 4 is 42.3 Å². The third-order valence-corrected chi connectivity index (χ3v) is 13.7. The van der Waals surface area contributed by atoms with Gasteiger partial charge in [0.1, 0.15) is 11.5 Å². The van der Waals surface area contributed by atoms with Gasteiger partial charge in [-0.1, -0.05) is 152 Å². The average Bonchev–Trinajstić information content (AvgIpc) is 3.88. The maximum absolute atomic E-state index is 6.77. The van der Waals surface area contributed by atoms with Crippen molar-refractivity contribution in [2.45, 2.75) is 5.41 Å². The SMILES string of the molecule is c1ccc2c(c1)-c1ccccc1C21c2ccccc2-c2c(-c3ccc4c(c3)-c3cccc5c(-c6cccc7c6sc6ccccc67)ccc(c35)O4)cccc21. The average molecular weight is 715 g/mol. The summed E-state index contributed by atoms with van der Waals surface area (Å²) in [6.45, 7) is 0. The fraction of sp³-hybridized carbons (Fsp3) is 0.0189. The monoisotopic (exact) mass is 714 g/mol. The molecule has 9 aromatic carbocycles. The summed E-state index contributed by atoms with van der Waals surface area (Å²) >= 11 is 1.88. The highest BCUT2D eigenvalue weighted by atomic mass is 32.1. The molecular weight excluding hydrogens is 685 g/mol. The van der Waals surface area contributed by atoms with Crippen LogP contribution < -0.4 is 4.74 Å². The van der Waals surface area contributed by atoms with Crippen LogP contribution in [-0.2, 0) is 5.41 Å². The molecule has 10 aromatic rings. The van der Waals surface area contributed by atoms with Crippen molar-refractivity contribution in [2.24, 2.45) is 0 Å². The minimum Gasteiger partial charge on any atom is -0.456 e. The van der Waals surface area contributed by atoms with Gasteiger partial charge in [-0.15, -0.1) is 11.3 Å². The molecule has 0 saturated carbocycles. The number of ether oxygens (including phenoxy) is 1. The van der Waals surface area contributed by atoms with E-state index in [9.17, 15) is 0 Å². The molecule has 0 N–H and O–H groups in total. The molecule has 0 atom stereocenters. The van der Waals surface area contributed by atoms with E-state index in [1.165, 1.54) is 103 Å². The minimum atomic E-state index is -0.370. The fourth-order valence-electron chi connectivity index (χ4n) is 10.4. The minimum absolute atomic E-state index is 0.370. The molecule has 1 spiro atoms. The smallest absolute Gasteiger partial charge is 0.135 e. The first kappa shape index (κ1) is 29.7. The Balaban J connectivity index is 1.02. The van der Waals surface area contributed by atoms with Gasteiger partial charge in [0.25, 0.3) is 0 Å². The van der Waals surface area contributed by atoms with Crippen LogP contribution in [0.5, 0.6) is 11.5 Å². The van der Waals surface area contributed by atoms with E-state index < -0.39 is 0 Å². The van der Waals surface area contributed by atoms with Crippen LogP contribution in [0.4, 0.5) is 0 Å². The standard InChI is InChI=1S/C53H30OS/c1-5-21-43-34(12-1)35-13-2-6-22-44(35)53(43)45-23-7-3-15-41(45)50-32(16-11-24-46(50)53)31-26-28-47-42(30-31)38-18-9-17-37-33(27-29-48(54-47)51(37)38)39-19-10-20-40-36-14-4-8-25-49(36)55-52(39)40/h1-30H. The second-order valence-corrected chi connectivity index (χ2v) is 16.1. The van der Waals surface area contributed by atoms with Crippen molar-refractivity contribution in [3.05, 3.63) is 204 Å². The zero-order valence-electron chi connectivity index (χ0n) is 29.6. The second kappa shape index (κ2) is 10.7. The Labute approximate surface area is 322 Å². The maximum atomic E-state index is 6.77. The van der Waals surface area contributed by atoms with Gasteiger partial charge in [0.2, 0.25) is 0 Å². The van der Waals surface area contributed by atoms with Crippen molar-refractivity contribution in [3.8, 4) is 67.1 Å². The molecule has 2 heterocycles. The molecule has 0 radical (unpaired) electrons. The van der Waals surface area contributed by atoms with E-state index in [4.69, 9.17) is 4.74 Å². The molecule has 0 bridgehead atoms. The lowest BCUT2D eigenvalue weighted by molar-refractivity contribution is 0.487. The number of hydrogen-bond donors (Lipinski definition) is 0. The summed E-state index contributed by atoms with van der Waals surface area (Å²) < 4.78 is 9.42. The second-order valence-electron chi connectivity index (χ2n) is 15.0. The van der Waals surface area contributed by atoms with Gasteiger partial charge in [-0.05, 0) is 102 Å². The topological polar surface area (TPSA) is 9.23 Å². The highest BCUT2D eigenvalue weighted by Crippen LogP contribution is 2.64. The number of thiophene rings is 1. The Bertz CT molecular complexity index is 3260. The molecule has 1 aliphatic heterocycles. The van der Waals surface area contributed by atoms with E-state index in [1.54, 1.807) is 0 Å². The summed E-state index contributed by atoms with van der Waals surface area (Å²) in [7, 11) is 0. The third-order valence-electron chi connectivity index (χ3n) is 12.5. The number of benzene rings is 9. The molecule has 1 aromatic heterocycles. The highest BCUT2D eigenvalue weighted by molar-refractivity contribution is 7.26. The first-order chi connectivity index (χ1) is 27.3. The molecule has 0 unspecified atom stereocenters. The number of fused-ring (bicyclic) bond motifs is 15. The van der Waals surface area contributed by atoms with Gasteiger partial charge in [0.15, 0.2) is 0 Å². The molecule has 13 rings (SSSR count). The third kappa shape index (κ3) is 3.72. The van der Waals surface area contributed by atoms with Crippen LogP contribution >= 0.6 is 11.3 Å².